The van der Waals surface area contributed by atoms with Crippen LogP contribution in [0.1, 0.15) is 29.6 Å². The molecule has 1 aliphatic carbocycles. The number of carbonyl (C=O) groups excluding carboxylic acids is 1. The lowest BCUT2D eigenvalue weighted by atomic mass is 9.93. The van der Waals surface area contributed by atoms with E-state index in [-0.39, 0.29) is 17.7 Å². The number of ether oxygens (including phenoxy) is 2. The van der Waals surface area contributed by atoms with Crippen molar-refractivity contribution in [2.75, 3.05) is 20.3 Å². The van der Waals surface area contributed by atoms with Crippen molar-refractivity contribution < 1.29 is 14.3 Å². The summed E-state index contributed by atoms with van der Waals surface area (Å²) in [6, 6.07) is 7.35. The highest BCUT2D eigenvalue weighted by Gasteiger charge is 2.32. The van der Waals surface area contributed by atoms with Crippen molar-refractivity contribution >= 4 is 5.78 Å². The van der Waals surface area contributed by atoms with Gasteiger partial charge in [-0.1, -0.05) is 18.6 Å². The first-order valence-electron chi connectivity index (χ1n) is 6.74. The second-order valence-electron chi connectivity index (χ2n) is 4.90. The van der Waals surface area contributed by atoms with Gasteiger partial charge in [0, 0.05) is 19.1 Å². The van der Waals surface area contributed by atoms with Crippen LogP contribution in [0.2, 0.25) is 0 Å². The molecule has 104 valence electrons. The van der Waals surface area contributed by atoms with Crippen LogP contribution in [0.5, 0.6) is 5.75 Å². The van der Waals surface area contributed by atoms with E-state index in [1.807, 2.05) is 24.3 Å². The molecule has 2 N–H and O–H groups in total. The van der Waals surface area contributed by atoms with Gasteiger partial charge in [0.15, 0.2) is 5.78 Å². The van der Waals surface area contributed by atoms with Crippen LogP contribution >= 0.6 is 0 Å². The van der Waals surface area contributed by atoms with E-state index in [0.717, 1.165) is 19.3 Å². The van der Waals surface area contributed by atoms with E-state index in [1.165, 1.54) is 0 Å². The zero-order chi connectivity index (χ0) is 13.7. The van der Waals surface area contributed by atoms with Crippen LogP contribution in [0.25, 0.3) is 0 Å². The Bertz CT molecular complexity index is 433. The van der Waals surface area contributed by atoms with Crippen molar-refractivity contribution in [1.82, 2.24) is 0 Å². The Balaban J connectivity index is 2.12. The van der Waals surface area contributed by atoms with Gasteiger partial charge >= 0.3 is 0 Å². The molecule has 4 nitrogen and oxygen atoms in total. The average molecular weight is 263 g/mol. The van der Waals surface area contributed by atoms with Crippen LogP contribution in [0.3, 0.4) is 0 Å². The lowest BCUT2D eigenvalue weighted by molar-refractivity contribution is 0.0906. The molecule has 0 heterocycles. The van der Waals surface area contributed by atoms with Crippen molar-refractivity contribution in [3.8, 4) is 5.75 Å². The Kier molecular flexibility index (Phi) is 4.93. The number of nitrogens with two attached hydrogens (primary N) is 1. The highest BCUT2D eigenvalue weighted by atomic mass is 16.5. The number of carbonyl (C=O) groups is 1. The second-order valence-corrected chi connectivity index (χ2v) is 4.90. The van der Waals surface area contributed by atoms with Gasteiger partial charge in [-0.15, -0.1) is 0 Å². The number of Topliss-reactive ketones (excluding diaryl/α,β-unsaturated/α-hetero) is 1. The second kappa shape index (κ2) is 6.68. The molecule has 1 fully saturated rings. The fourth-order valence-electron chi connectivity index (χ4n) is 2.55. The smallest absolute Gasteiger partial charge is 0.171 e. The summed E-state index contributed by atoms with van der Waals surface area (Å²) in [5.74, 6) is 0.675. The summed E-state index contributed by atoms with van der Waals surface area (Å²) in [5, 5.41) is 0. The normalized spacial score (nSPS) is 22.4. The van der Waals surface area contributed by atoms with Crippen molar-refractivity contribution in [3.05, 3.63) is 29.8 Å². The van der Waals surface area contributed by atoms with Crippen LogP contribution in [0.15, 0.2) is 24.3 Å². The van der Waals surface area contributed by atoms with Crippen LogP contribution in [-0.4, -0.2) is 32.1 Å². The molecule has 19 heavy (non-hydrogen) atoms. The van der Waals surface area contributed by atoms with Crippen LogP contribution in [-0.2, 0) is 4.74 Å². The Morgan fingerprint density at radius 1 is 1.32 bits per heavy atom. The predicted octanol–water partition coefficient (Wildman–Crippen LogP) is 2.02. The first-order valence-corrected chi connectivity index (χ1v) is 6.74. The van der Waals surface area contributed by atoms with Crippen molar-refractivity contribution in [1.29, 1.82) is 0 Å². The number of ketones is 1. The van der Waals surface area contributed by atoms with Gasteiger partial charge in [-0.3, -0.25) is 4.79 Å². The highest BCUT2D eigenvalue weighted by Crippen LogP contribution is 2.30. The Morgan fingerprint density at radius 2 is 2.11 bits per heavy atom. The van der Waals surface area contributed by atoms with Gasteiger partial charge in [-0.25, -0.2) is 0 Å². The summed E-state index contributed by atoms with van der Waals surface area (Å²) in [7, 11) is 1.62. The summed E-state index contributed by atoms with van der Waals surface area (Å²) in [6.45, 7) is 0.947. The van der Waals surface area contributed by atoms with Gasteiger partial charge in [-0.05, 0) is 25.0 Å². The van der Waals surface area contributed by atoms with Gasteiger partial charge in [0.05, 0.1) is 12.2 Å². The topological polar surface area (TPSA) is 61.5 Å². The van der Waals surface area contributed by atoms with Gasteiger partial charge < -0.3 is 15.2 Å². The fourth-order valence-corrected chi connectivity index (χ4v) is 2.55. The van der Waals surface area contributed by atoms with Gasteiger partial charge in [0.2, 0.25) is 0 Å². The SMILES string of the molecule is COCCOc1ccccc1C(=O)C1CCCC1N. The molecule has 1 aromatic carbocycles. The lowest BCUT2D eigenvalue weighted by Crippen LogP contribution is -2.30. The summed E-state index contributed by atoms with van der Waals surface area (Å²) >= 11 is 0. The Hall–Kier alpha value is -1.39. The van der Waals surface area contributed by atoms with Crippen molar-refractivity contribution in [2.24, 2.45) is 11.7 Å². The summed E-state index contributed by atoms with van der Waals surface area (Å²) in [5.41, 5.74) is 6.65. The monoisotopic (exact) mass is 263 g/mol. The molecular weight excluding hydrogens is 242 g/mol. The molecule has 0 amide bonds. The molecule has 0 aromatic heterocycles. The molecule has 0 saturated heterocycles. The fraction of sp³-hybridized carbons (Fsp3) is 0.533. The van der Waals surface area contributed by atoms with E-state index >= 15 is 0 Å². The largest absolute Gasteiger partial charge is 0.490 e. The molecule has 4 heteroatoms. The van der Waals surface area contributed by atoms with Gasteiger partial charge in [-0.2, -0.15) is 0 Å². The van der Waals surface area contributed by atoms with E-state index in [2.05, 4.69) is 0 Å². The van der Waals surface area contributed by atoms with Crippen LogP contribution in [0.4, 0.5) is 0 Å². The number of methoxy groups -OCH3 is 1. The molecular formula is C15H21NO3. The third-order valence-corrected chi connectivity index (χ3v) is 3.60. The molecule has 0 radical (unpaired) electrons. The summed E-state index contributed by atoms with van der Waals surface area (Å²) in [6.07, 6.45) is 2.85. The lowest BCUT2D eigenvalue weighted by Gasteiger charge is -2.16. The summed E-state index contributed by atoms with van der Waals surface area (Å²) < 4.78 is 10.6. The molecule has 1 aliphatic rings. The van der Waals surface area contributed by atoms with E-state index < -0.39 is 0 Å². The number of benzene rings is 1. The first kappa shape index (κ1) is 14.0. The molecule has 0 spiro atoms. The Labute approximate surface area is 113 Å². The van der Waals surface area contributed by atoms with E-state index in [4.69, 9.17) is 15.2 Å². The molecule has 1 saturated carbocycles. The Morgan fingerprint density at radius 3 is 2.79 bits per heavy atom. The van der Waals surface area contributed by atoms with E-state index in [1.54, 1.807) is 7.11 Å². The number of hydrogen-bond donors (Lipinski definition) is 1. The minimum atomic E-state index is -0.0628. The molecule has 2 atom stereocenters. The number of rotatable bonds is 6. The zero-order valence-electron chi connectivity index (χ0n) is 11.3. The summed E-state index contributed by atoms with van der Waals surface area (Å²) in [4.78, 5) is 12.5. The van der Waals surface area contributed by atoms with E-state index in [0.29, 0.717) is 24.5 Å². The van der Waals surface area contributed by atoms with Gasteiger partial charge in [0.25, 0.3) is 0 Å². The molecule has 0 bridgehead atoms. The minimum absolute atomic E-state index is 0.0143. The third kappa shape index (κ3) is 3.33. The quantitative estimate of drug-likeness (QED) is 0.630. The predicted molar refractivity (Wildman–Crippen MR) is 73.5 cm³/mol. The standard InChI is InChI=1S/C15H21NO3/c1-18-9-10-19-14-8-3-2-5-12(14)15(17)11-6-4-7-13(11)16/h2-3,5,8,11,13H,4,6-7,9-10,16H2,1H3. The van der Waals surface area contributed by atoms with Crippen LogP contribution < -0.4 is 10.5 Å². The van der Waals surface area contributed by atoms with Crippen molar-refractivity contribution in [2.45, 2.75) is 25.3 Å². The maximum absolute atomic E-state index is 12.5. The molecule has 1 aromatic rings. The molecule has 0 aliphatic heterocycles. The number of para-hydroxylation sites is 1. The van der Waals surface area contributed by atoms with Gasteiger partial charge in [0.1, 0.15) is 12.4 Å². The number of hydrogen-bond acceptors (Lipinski definition) is 4. The minimum Gasteiger partial charge on any atom is -0.490 e. The molecule has 2 unspecified atom stereocenters. The maximum Gasteiger partial charge on any atom is 0.171 e. The maximum atomic E-state index is 12.5. The average Bonchev–Trinajstić information content (AvgIpc) is 2.85. The van der Waals surface area contributed by atoms with Crippen LogP contribution in [0, 0.1) is 5.92 Å². The zero-order valence-corrected chi connectivity index (χ0v) is 11.3. The highest BCUT2D eigenvalue weighted by molar-refractivity contribution is 6.00. The first-order chi connectivity index (χ1) is 9.24. The van der Waals surface area contributed by atoms with Crippen molar-refractivity contribution in [3.63, 3.8) is 0 Å². The van der Waals surface area contributed by atoms with E-state index in [9.17, 15) is 4.79 Å². The third-order valence-electron chi connectivity index (χ3n) is 3.60. The molecule has 2 rings (SSSR count).